The fourth-order valence-electron chi connectivity index (χ4n) is 1.28. The second-order valence-electron chi connectivity index (χ2n) is 3.37. The minimum absolute atomic E-state index is 0.00136. The Kier molecular flexibility index (Phi) is 3.59. The van der Waals surface area contributed by atoms with Gasteiger partial charge in [-0.05, 0) is 23.6 Å². The minimum Gasteiger partial charge on any atom is -0.287 e. The van der Waals surface area contributed by atoms with E-state index in [9.17, 15) is 14.9 Å². The van der Waals surface area contributed by atoms with Crippen molar-refractivity contribution in [2.45, 2.75) is 0 Å². The number of hydrogen-bond donors (Lipinski definition) is 0. The summed E-state index contributed by atoms with van der Waals surface area (Å²) in [6.45, 7) is 0. The van der Waals surface area contributed by atoms with Crippen molar-refractivity contribution < 1.29 is 9.72 Å². The number of thiophene rings is 1. The van der Waals surface area contributed by atoms with Crippen LogP contribution in [-0.2, 0) is 0 Å². The van der Waals surface area contributed by atoms with Crippen LogP contribution in [0.1, 0.15) is 9.67 Å². The van der Waals surface area contributed by atoms with E-state index >= 15 is 0 Å². The number of non-ortho nitro benzene ring substituents is 1. The van der Waals surface area contributed by atoms with Crippen LogP contribution in [0.3, 0.4) is 0 Å². The Morgan fingerprint density at radius 1 is 1.28 bits per heavy atom. The molecule has 1 heterocycles. The molecule has 90 valence electrons. The summed E-state index contributed by atoms with van der Waals surface area (Å²) in [4.78, 5) is 26.2. The smallest absolute Gasteiger partial charge is 0.269 e. The first kappa shape index (κ1) is 12.1. The molecule has 0 amide bonds. The Morgan fingerprint density at radius 2 is 2.00 bits per heavy atom. The molecular formula is C12H8N2O3S. The molecule has 0 aliphatic rings. The van der Waals surface area contributed by atoms with Gasteiger partial charge in [-0.15, -0.1) is 11.3 Å². The van der Waals surface area contributed by atoms with E-state index in [0.29, 0.717) is 10.6 Å². The molecule has 0 saturated heterocycles. The van der Waals surface area contributed by atoms with Gasteiger partial charge in [-0.2, -0.15) is 0 Å². The van der Waals surface area contributed by atoms with Gasteiger partial charge in [0.05, 0.1) is 21.7 Å². The van der Waals surface area contributed by atoms with Crippen molar-refractivity contribution in [1.29, 1.82) is 0 Å². The predicted octanol–water partition coefficient (Wildman–Crippen LogP) is 3.24. The lowest BCUT2D eigenvalue weighted by atomic mass is 10.3. The molecule has 0 aliphatic carbocycles. The highest BCUT2D eigenvalue weighted by molar-refractivity contribution is 7.12. The van der Waals surface area contributed by atoms with Crippen LogP contribution < -0.4 is 0 Å². The number of carbonyl (C=O) groups excluding carboxylic acids is 1. The number of nitro groups is 1. The minimum atomic E-state index is -0.482. The van der Waals surface area contributed by atoms with E-state index in [1.807, 2.05) is 5.38 Å². The van der Waals surface area contributed by atoms with Crippen molar-refractivity contribution in [3.8, 4) is 0 Å². The molecule has 18 heavy (non-hydrogen) atoms. The van der Waals surface area contributed by atoms with E-state index in [1.165, 1.54) is 41.8 Å². The molecule has 1 aromatic heterocycles. The van der Waals surface area contributed by atoms with Crippen LogP contribution >= 0.6 is 11.3 Å². The zero-order valence-corrected chi connectivity index (χ0v) is 9.96. The molecule has 0 fully saturated rings. The summed E-state index contributed by atoms with van der Waals surface area (Å²) < 4.78 is 0. The van der Waals surface area contributed by atoms with E-state index in [2.05, 4.69) is 4.99 Å². The van der Waals surface area contributed by atoms with E-state index in [-0.39, 0.29) is 11.5 Å². The Hall–Kier alpha value is -2.34. The standard InChI is InChI=1S/C12H8N2O3S/c15-11(12-2-1-7-18-12)8-13-9-3-5-10(6-4-9)14(16)17/h1-8H. The molecule has 2 aromatic rings. The summed E-state index contributed by atoms with van der Waals surface area (Å²) in [7, 11) is 0. The number of Topliss-reactive ketones (excluding diaryl/α,β-unsaturated/α-hetero) is 1. The van der Waals surface area contributed by atoms with Gasteiger partial charge < -0.3 is 0 Å². The van der Waals surface area contributed by atoms with Gasteiger partial charge in [0.15, 0.2) is 0 Å². The Morgan fingerprint density at radius 3 is 2.56 bits per heavy atom. The molecule has 6 heteroatoms. The average molecular weight is 260 g/mol. The summed E-state index contributed by atoms with van der Waals surface area (Å²) >= 11 is 1.34. The maximum Gasteiger partial charge on any atom is 0.269 e. The number of hydrogen-bond acceptors (Lipinski definition) is 5. The van der Waals surface area contributed by atoms with Gasteiger partial charge >= 0.3 is 0 Å². The molecule has 0 saturated carbocycles. The molecule has 0 aliphatic heterocycles. The van der Waals surface area contributed by atoms with Crippen LogP contribution in [0.5, 0.6) is 0 Å². The zero-order valence-electron chi connectivity index (χ0n) is 9.15. The first-order valence-electron chi connectivity index (χ1n) is 5.03. The summed E-state index contributed by atoms with van der Waals surface area (Å²) in [6, 6.07) is 9.20. The SMILES string of the molecule is O=C(C=Nc1ccc([N+](=O)[O-])cc1)c1cccs1. The lowest BCUT2D eigenvalue weighted by Gasteiger charge is -1.93. The summed E-state index contributed by atoms with van der Waals surface area (Å²) in [6.07, 6.45) is 1.22. The van der Waals surface area contributed by atoms with Crippen molar-refractivity contribution in [2.75, 3.05) is 0 Å². The third kappa shape index (κ3) is 2.86. The monoisotopic (exact) mass is 260 g/mol. The second-order valence-corrected chi connectivity index (χ2v) is 4.32. The van der Waals surface area contributed by atoms with E-state index in [0.717, 1.165) is 0 Å². The number of ketones is 1. The maximum atomic E-state index is 11.6. The van der Waals surface area contributed by atoms with Crippen molar-refractivity contribution >= 4 is 34.7 Å². The number of nitrogens with zero attached hydrogens (tertiary/aromatic N) is 2. The normalized spacial score (nSPS) is 10.7. The molecule has 0 spiro atoms. The van der Waals surface area contributed by atoms with Crippen LogP contribution in [-0.4, -0.2) is 16.9 Å². The lowest BCUT2D eigenvalue weighted by Crippen LogP contribution is -1.95. The first-order chi connectivity index (χ1) is 8.66. The maximum absolute atomic E-state index is 11.6. The largest absolute Gasteiger partial charge is 0.287 e. The van der Waals surface area contributed by atoms with Crippen molar-refractivity contribution in [3.63, 3.8) is 0 Å². The molecule has 0 bridgehead atoms. The van der Waals surface area contributed by atoms with Gasteiger partial charge in [0.25, 0.3) is 5.69 Å². The number of aliphatic imine (C=N–C) groups is 1. The molecule has 0 atom stereocenters. The lowest BCUT2D eigenvalue weighted by molar-refractivity contribution is -0.384. The molecule has 0 radical (unpaired) electrons. The molecule has 0 N–H and O–H groups in total. The van der Waals surface area contributed by atoms with Crippen molar-refractivity contribution in [3.05, 3.63) is 56.8 Å². The van der Waals surface area contributed by atoms with Gasteiger partial charge in [-0.25, -0.2) is 0 Å². The fraction of sp³-hybridized carbons (Fsp3) is 0. The van der Waals surface area contributed by atoms with Crippen molar-refractivity contribution in [1.82, 2.24) is 0 Å². The van der Waals surface area contributed by atoms with Crippen molar-refractivity contribution in [2.24, 2.45) is 4.99 Å². The van der Waals surface area contributed by atoms with E-state index < -0.39 is 4.92 Å². The topological polar surface area (TPSA) is 72.6 Å². The van der Waals surface area contributed by atoms with Gasteiger partial charge in [0.2, 0.25) is 5.78 Å². The highest BCUT2D eigenvalue weighted by Gasteiger charge is 2.04. The highest BCUT2D eigenvalue weighted by Crippen LogP contribution is 2.17. The molecule has 1 aromatic carbocycles. The Bertz CT molecular complexity index is 588. The van der Waals surface area contributed by atoms with Gasteiger partial charge in [0, 0.05) is 12.1 Å². The Balaban J connectivity index is 2.09. The third-order valence-electron chi connectivity index (χ3n) is 2.16. The highest BCUT2D eigenvalue weighted by atomic mass is 32.1. The van der Waals surface area contributed by atoms with Gasteiger partial charge in [-0.1, -0.05) is 6.07 Å². The molecule has 0 unspecified atom stereocenters. The number of carbonyl (C=O) groups is 1. The number of nitro benzene ring substituents is 1. The molecule has 2 rings (SSSR count). The van der Waals surface area contributed by atoms with Crippen LogP contribution in [0.2, 0.25) is 0 Å². The predicted molar refractivity (Wildman–Crippen MR) is 69.9 cm³/mol. The van der Waals surface area contributed by atoms with Crippen LogP contribution in [0.15, 0.2) is 46.8 Å². The van der Waals surface area contributed by atoms with E-state index in [1.54, 1.807) is 12.1 Å². The third-order valence-corrected chi connectivity index (χ3v) is 3.04. The van der Waals surface area contributed by atoms with E-state index in [4.69, 9.17) is 0 Å². The van der Waals surface area contributed by atoms with Crippen LogP contribution in [0.25, 0.3) is 0 Å². The number of benzene rings is 1. The summed E-state index contributed by atoms with van der Waals surface area (Å²) in [5.74, 6) is -0.177. The van der Waals surface area contributed by atoms with Crippen LogP contribution in [0.4, 0.5) is 11.4 Å². The average Bonchev–Trinajstić information content (AvgIpc) is 2.90. The fourth-order valence-corrected chi connectivity index (χ4v) is 1.91. The first-order valence-corrected chi connectivity index (χ1v) is 5.91. The van der Waals surface area contributed by atoms with Gasteiger partial charge in [-0.3, -0.25) is 19.9 Å². The summed E-state index contributed by atoms with van der Waals surface area (Å²) in [5.41, 5.74) is 0.504. The van der Waals surface area contributed by atoms with Gasteiger partial charge in [0.1, 0.15) is 0 Å². The quantitative estimate of drug-likeness (QED) is 0.366. The Labute approximate surface area is 107 Å². The number of rotatable bonds is 4. The summed E-state index contributed by atoms with van der Waals surface area (Å²) in [5, 5.41) is 12.3. The van der Waals surface area contributed by atoms with Crippen LogP contribution in [0, 0.1) is 10.1 Å². The second kappa shape index (κ2) is 5.33. The molecule has 5 nitrogen and oxygen atoms in total. The molecular weight excluding hydrogens is 252 g/mol. The zero-order chi connectivity index (χ0) is 13.0.